The Morgan fingerprint density at radius 1 is 0.493 bits per heavy atom. The fraction of sp³-hybridized carbons (Fsp3) is 0.879. The topological polar surface area (TPSA) is 149 Å². The van der Waals surface area contributed by atoms with Crippen LogP contribution in [0, 0.1) is 0 Å². The largest absolute Gasteiger partial charge is 0.394 e. The van der Waals surface area contributed by atoms with E-state index in [1.165, 1.54) is 212 Å². The quantitative estimate of drug-likeness (QED) is 0.0261. The Morgan fingerprint density at radius 3 is 1.25 bits per heavy atom. The van der Waals surface area contributed by atoms with E-state index in [4.69, 9.17) is 9.47 Å². The summed E-state index contributed by atoms with van der Waals surface area (Å²) in [6, 6.07) is -0.820. The van der Waals surface area contributed by atoms with Crippen molar-refractivity contribution >= 4 is 5.91 Å². The van der Waals surface area contributed by atoms with Crippen LogP contribution in [0.15, 0.2) is 36.5 Å². The summed E-state index contributed by atoms with van der Waals surface area (Å²) < 4.78 is 11.2. The number of rotatable bonds is 49. The van der Waals surface area contributed by atoms with Crippen molar-refractivity contribution in [3.8, 4) is 0 Å². The van der Waals surface area contributed by atoms with Gasteiger partial charge >= 0.3 is 0 Å². The molecule has 0 aliphatic carbocycles. The fourth-order valence-corrected chi connectivity index (χ4v) is 9.11. The first-order valence-electron chi connectivity index (χ1n) is 28.7. The highest BCUT2D eigenvalue weighted by atomic mass is 16.7. The lowest BCUT2D eigenvalue weighted by molar-refractivity contribution is -0.302. The zero-order chi connectivity index (χ0) is 48.7. The van der Waals surface area contributed by atoms with Gasteiger partial charge in [-0.15, -0.1) is 0 Å². The number of aliphatic hydroxyl groups excluding tert-OH is 5. The summed E-state index contributed by atoms with van der Waals surface area (Å²) in [4.78, 5) is 13.0. The van der Waals surface area contributed by atoms with Gasteiger partial charge in [-0.25, -0.2) is 0 Å². The van der Waals surface area contributed by atoms with Gasteiger partial charge in [0.1, 0.15) is 24.4 Å². The number of allylic oxidation sites excluding steroid dienone is 5. The fourth-order valence-electron chi connectivity index (χ4n) is 9.11. The minimum Gasteiger partial charge on any atom is -0.394 e. The predicted molar refractivity (Wildman–Crippen MR) is 281 cm³/mol. The maximum atomic E-state index is 13.0. The maximum absolute atomic E-state index is 13.0. The Morgan fingerprint density at radius 2 is 0.851 bits per heavy atom. The normalized spacial score (nSPS) is 19.9. The summed E-state index contributed by atoms with van der Waals surface area (Å²) in [5, 5.41) is 54.4. The Hall–Kier alpha value is -1.59. The molecule has 0 radical (unpaired) electrons. The molecular formula is C58H109NO8. The monoisotopic (exact) mass is 948 g/mol. The van der Waals surface area contributed by atoms with E-state index in [1.807, 2.05) is 6.08 Å². The van der Waals surface area contributed by atoms with Gasteiger partial charge in [0, 0.05) is 6.42 Å². The average Bonchev–Trinajstić information content (AvgIpc) is 3.33. The molecule has 0 aromatic rings. The first-order chi connectivity index (χ1) is 32.8. The molecule has 7 unspecified atom stereocenters. The van der Waals surface area contributed by atoms with Gasteiger partial charge in [-0.1, -0.05) is 243 Å². The van der Waals surface area contributed by atoms with Crippen molar-refractivity contribution in [1.29, 1.82) is 0 Å². The highest BCUT2D eigenvalue weighted by Crippen LogP contribution is 2.23. The molecule has 1 rings (SSSR count). The van der Waals surface area contributed by atoms with E-state index in [0.717, 1.165) is 38.5 Å². The molecule has 0 bridgehead atoms. The number of hydrogen-bond donors (Lipinski definition) is 6. The van der Waals surface area contributed by atoms with Crippen molar-refractivity contribution in [3.05, 3.63) is 36.5 Å². The van der Waals surface area contributed by atoms with E-state index in [-0.39, 0.29) is 12.5 Å². The summed E-state index contributed by atoms with van der Waals surface area (Å²) in [6.45, 7) is 3.77. The van der Waals surface area contributed by atoms with Crippen LogP contribution in [-0.2, 0) is 14.3 Å². The molecule has 1 saturated heterocycles. The van der Waals surface area contributed by atoms with E-state index in [0.29, 0.717) is 6.42 Å². The van der Waals surface area contributed by atoms with Gasteiger partial charge in [0.25, 0.3) is 0 Å². The molecule has 1 heterocycles. The zero-order valence-corrected chi connectivity index (χ0v) is 43.7. The second-order valence-corrected chi connectivity index (χ2v) is 20.1. The summed E-state index contributed by atoms with van der Waals surface area (Å²) in [5.41, 5.74) is 0. The number of unbranched alkanes of at least 4 members (excludes halogenated alkanes) is 35. The Labute approximate surface area is 412 Å². The highest BCUT2D eigenvalue weighted by molar-refractivity contribution is 5.76. The Balaban J connectivity index is 2.16. The summed E-state index contributed by atoms with van der Waals surface area (Å²) in [5.74, 6) is -0.184. The second-order valence-electron chi connectivity index (χ2n) is 20.1. The third-order valence-corrected chi connectivity index (χ3v) is 13.7. The Bertz CT molecular complexity index is 1150. The van der Waals surface area contributed by atoms with Crippen molar-refractivity contribution in [2.75, 3.05) is 13.2 Å². The number of carbonyl (C=O) groups excluding carboxylic acids is 1. The van der Waals surface area contributed by atoms with Crippen molar-refractivity contribution in [3.63, 3.8) is 0 Å². The van der Waals surface area contributed by atoms with E-state index in [9.17, 15) is 30.3 Å². The third kappa shape index (κ3) is 37.9. The number of hydrogen-bond acceptors (Lipinski definition) is 8. The standard InChI is InChI=1S/C58H109NO8/c1-3-5-7-9-11-13-15-17-19-20-21-22-23-24-25-26-27-28-29-30-31-32-33-34-36-38-40-42-44-46-48-54(62)59-51(50-66-58-57(65)56(64)55(63)53(49-60)67-58)52(61)47-45-43-41-39-37-35-18-16-14-12-10-8-6-4-2/h24-25,37,39,45,47,51-53,55-58,60-61,63-65H,3-23,26-36,38,40-44,46,48-50H2,1-2H3,(H,59,62)/b25-24-,39-37+,47-45+. The molecular weight excluding hydrogens is 839 g/mol. The van der Waals surface area contributed by atoms with E-state index >= 15 is 0 Å². The van der Waals surface area contributed by atoms with Crippen molar-refractivity contribution in [2.24, 2.45) is 0 Å². The molecule has 7 atom stereocenters. The molecule has 1 aliphatic heterocycles. The molecule has 6 N–H and O–H groups in total. The molecule has 9 heteroatoms. The van der Waals surface area contributed by atoms with Crippen LogP contribution in [0.4, 0.5) is 0 Å². The summed E-state index contributed by atoms with van der Waals surface area (Å²) in [7, 11) is 0. The predicted octanol–water partition coefficient (Wildman–Crippen LogP) is 14.0. The summed E-state index contributed by atoms with van der Waals surface area (Å²) >= 11 is 0. The van der Waals surface area contributed by atoms with Crippen molar-refractivity contribution < 1.29 is 39.8 Å². The first kappa shape index (κ1) is 63.4. The number of amides is 1. The summed E-state index contributed by atoms with van der Waals surface area (Å²) in [6.07, 6.45) is 55.1. The van der Waals surface area contributed by atoms with Gasteiger partial charge < -0.3 is 40.3 Å². The molecule has 0 spiro atoms. The third-order valence-electron chi connectivity index (χ3n) is 13.7. The van der Waals surface area contributed by atoms with Crippen LogP contribution in [0.25, 0.3) is 0 Å². The first-order valence-corrected chi connectivity index (χ1v) is 28.7. The molecule has 0 saturated carbocycles. The number of carbonyl (C=O) groups is 1. The second kappa shape index (κ2) is 48.1. The van der Waals surface area contributed by atoms with E-state index in [2.05, 4.69) is 43.5 Å². The molecule has 394 valence electrons. The van der Waals surface area contributed by atoms with Gasteiger partial charge in [-0.2, -0.15) is 0 Å². The zero-order valence-electron chi connectivity index (χ0n) is 43.7. The van der Waals surface area contributed by atoms with Crippen LogP contribution in [0.5, 0.6) is 0 Å². The minimum atomic E-state index is -1.57. The highest BCUT2D eigenvalue weighted by Gasteiger charge is 2.44. The smallest absolute Gasteiger partial charge is 0.220 e. The lowest BCUT2D eigenvalue weighted by Gasteiger charge is -2.40. The molecule has 0 aromatic heterocycles. The lowest BCUT2D eigenvalue weighted by Crippen LogP contribution is -2.60. The van der Waals surface area contributed by atoms with Crippen molar-refractivity contribution in [2.45, 2.75) is 314 Å². The lowest BCUT2D eigenvalue weighted by atomic mass is 9.99. The van der Waals surface area contributed by atoms with E-state index in [1.54, 1.807) is 6.08 Å². The van der Waals surface area contributed by atoms with Gasteiger partial charge in [0.2, 0.25) is 5.91 Å². The SMILES string of the molecule is CCCCCCCCCC/C=C/CC/C=C/C(O)C(COC1OC(CO)C(O)C(O)C1O)NC(=O)CCCCCCCCCCCCCCCC/C=C\CCCCCCCCCCCCCC. The maximum Gasteiger partial charge on any atom is 0.220 e. The van der Waals surface area contributed by atoms with Crippen LogP contribution >= 0.6 is 0 Å². The minimum absolute atomic E-state index is 0.184. The van der Waals surface area contributed by atoms with Gasteiger partial charge in [-0.05, 0) is 57.8 Å². The molecule has 67 heavy (non-hydrogen) atoms. The Kier molecular flexibility index (Phi) is 45.5. The van der Waals surface area contributed by atoms with Gasteiger partial charge in [-0.3, -0.25) is 4.79 Å². The average molecular weight is 949 g/mol. The molecule has 0 aromatic carbocycles. The van der Waals surface area contributed by atoms with Crippen LogP contribution in [0.1, 0.15) is 271 Å². The molecule has 9 nitrogen and oxygen atoms in total. The number of aliphatic hydroxyl groups is 5. The molecule has 1 aliphatic rings. The van der Waals surface area contributed by atoms with Gasteiger partial charge in [0.15, 0.2) is 6.29 Å². The van der Waals surface area contributed by atoms with E-state index < -0.39 is 49.5 Å². The van der Waals surface area contributed by atoms with Gasteiger partial charge in [0.05, 0.1) is 25.4 Å². The van der Waals surface area contributed by atoms with Crippen LogP contribution in [0.3, 0.4) is 0 Å². The number of ether oxygens (including phenoxy) is 2. The molecule has 1 amide bonds. The van der Waals surface area contributed by atoms with Crippen molar-refractivity contribution in [1.82, 2.24) is 5.32 Å². The number of nitrogens with one attached hydrogen (secondary N) is 1. The van der Waals surface area contributed by atoms with Crippen LogP contribution in [0.2, 0.25) is 0 Å². The van der Waals surface area contributed by atoms with Crippen LogP contribution < -0.4 is 5.32 Å². The molecule has 1 fully saturated rings. The van der Waals surface area contributed by atoms with Crippen LogP contribution in [-0.4, -0.2) is 87.5 Å².